The Morgan fingerprint density at radius 3 is 2.53 bits per heavy atom. The highest BCUT2D eigenvalue weighted by atomic mass is 16.5. The molecule has 2 aliphatic heterocycles. The number of benzene rings is 1. The van der Waals surface area contributed by atoms with Gasteiger partial charge in [0.05, 0.1) is 11.6 Å². The first-order valence-corrected chi connectivity index (χ1v) is 14.5. The van der Waals surface area contributed by atoms with Crippen molar-refractivity contribution in [3.63, 3.8) is 0 Å². The Kier molecular flexibility index (Phi) is 9.99. The summed E-state index contributed by atoms with van der Waals surface area (Å²) in [5.41, 5.74) is 1.62. The van der Waals surface area contributed by atoms with E-state index in [0.29, 0.717) is 24.5 Å². The van der Waals surface area contributed by atoms with Crippen LogP contribution in [0.1, 0.15) is 56.3 Å². The molecule has 4 rings (SSSR count). The van der Waals surface area contributed by atoms with Gasteiger partial charge < -0.3 is 29.9 Å². The Morgan fingerprint density at radius 2 is 1.79 bits per heavy atom. The molecule has 1 saturated heterocycles. The Hall–Kier alpha value is -4.48. The first-order valence-electron chi connectivity index (χ1n) is 14.5. The van der Waals surface area contributed by atoms with Crippen molar-refractivity contribution in [2.45, 2.75) is 70.1 Å². The lowest BCUT2D eigenvalue weighted by Gasteiger charge is -2.32. The second kappa shape index (κ2) is 13.7. The Bertz CT molecular complexity index is 1380. The predicted octanol–water partition coefficient (Wildman–Crippen LogP) is 2.18. The molecule has 2 aliphatic rings. The summed E-state index contributed by atoms with van der Waals surface area (Å²) >= 11 is 0. The van der Waals surface area contributed by atoms with E-state index in [0.717, 1.165) is 18.4 Å². The first-order chi connectivity index (χ1) is 20.5. The van der Waals surface area contributed by atoms with Crippen molar-refractivity contribution < 1.29 is 33.8 Å². The molecule has 4 atom stereocenters. The fourth-order valence-electron chi connectivity index (χ4n) is 5.52. The molecular formula is C31H39N5O7. The number of aliphatic carboxylic acids is 1. The number of hydrogen-bond acceptors (Lipinski definition) is 7. The Morgan fingerprint density at radius 1 is 1.05 bits per heavy atom. The van der Waals surface area contributed by atoms with Crippen LogP contribution in [0, 0.1) is 0 Å². The standard InChI is InChI=1S/C31H39N5O7/c1-19-13-27(37)36-12-6-8-24(36)18-43-25-9-5-7-21(15-25)22-14-23(17-32-16-22)31(42)35(4)26(10-11-28(38)39)29(40)33-20(2)30(41)34(19)3/h5,7,9,14-17,19-20,24,26H,6,8,10-13,18H2,1-4H3,(H,33,40)(H,38,39)/t19-,20+,24+,26+/m1/s1. The number of carboxylic acids is 1. The average Bonchev–Trinajstić information content (AvgIpc) is 3.47. The SMILES string of the molecule is C[C@@H]1NC(=O)[C@H](CCC(=O)O)N(C)C(=O)c2cncc(c2)-c2cccc(c2)OC[C@@H]2CCCN2C(=O)C[C@@H](C)N(C)C1=O. The monoisotopic (exact) mass is 593 g/mol. The van der Waals surface area contributed by atoms with Crippen LogP contribution in [0.3, 0.4) is 0 Å². The van der Waals surface area contributed by atoms with Crippen molar-refractivity contribution >= 4 is 29.6 Å². The minimum Gasteiger partial charge on any atom is -0.491 e. The average molecular weight is 594 g/mol. The number of ether oxygens (including phenoxy) is 1. The van der Waals surface area contributed by atoms with Crippen LogP contribution < -0.4 is 10.1 Å². The van der Waals surface area contributed by atoms with E-state index in [2.05, 4.69) is 10.3 Å². The van der Waals surface area contributed by atoms with Crippen molar-refractivity contribution in [3.05, 3.63) is 48.3 Å². The number of carbonyl (C=O) groups excluding carboxylic acids is 4. The summed E-state index contributed by atoms with van der Waals surface area (Å²) < 4.78 is 6.12. The number of aromatic nitrogens is 1. The van der Waals surface area contributed by atoms with Crippen LogP contribution in [0.15, 0.2) is 42.7 Å². The Balaban J connectivity index is 1.69. The van der Waals surface area contributed by atoms with Gasteiger partial charge in [-0.3, -0.25) is 29.0 Å². The molecule has 1 aromatic heterocycles. The molecule has 0 saturated carbocycles. The number of nitrogens with zero attached hydrogens (tertiary/aromatic N) is 4. The molecule has 0 spiro atoms. The molecular weight excluding hydrogens is 554 g/mol. The molecule has 3 heterocycles. The predicted molar refractivity (Wildman–Crippen MR) is 157 cm³/mol. The quantitative estimate of drug-likeness (QED) is 0.550. The van der Waals surface area contributed by atoms with E-state index in [1.807, 2.05) is 29.2 Å². The largest absolute Gasteiger partial charge is 0.491 e. The second-order valence-electron chi connectivity index (χ2n) is 11.3. The lowest BCUT2D eigenvalue weighted by atomic mass is 10.0. The van der Waals surface area contributed by atoms with Crippen LogP contribution in [0.5, 0.6) is 5.75 Å². The number of fused-ring (bicyclic) bond motifs is 6. The minimum absolute atomic E-state index is 0.0775. The van der Waals surface area contributed by atoms with E-state index >= 15 is 0 Å². The van der Waals surface area contributed by atoms with Gasteiger partial charge in [-0.05, 0) is 56.9 Å². The maximum absolute atomic E-state index is 13.5. The van der Waals surface area contributed by atoms with Gasteiger partial charge >= 0.3 is 5.97 Å². The molecule has 1 aromatic carbocycles. The van der Waals surface area contributed by atoms with Crippen LogP contribution in [0.2, 0.25) is 0 Å². The fourth-order valence-corrected chi connectivity index (χ4v) is 5.52. The van der Waals surface area contributed by atoms with E-state index in [9.17, 15) is 29.1 Å². The normalized spacial score (nSPS) is 24.1. The van der Waals surface area contributed by atoms with Crippen LogP contribution >= 0.6 is 0 Å². The lowest BCUT2D eigenvalue weighted by molar-refractivity contribution is -0.141. The van der Waals surface area contributed by atoms with Gasteiger partial charge in [0.1, 0.15) is 24.4 Å². The molecule has 12 heteroatoms. The van der Waals surface area contributed by atoms with Gasteiger partial charge in [-0.25, -0.2) is 0 Å². The van der Waals surface area contributed by atoms with Crippen LogP contribution in [0.25, 0.3) is 11.1 Å². The third-order valence-corrected chi connectivity index (χ3v) is 8.22. The lowest BCUT2D eigenvalue weighted by Crippen LogP contribution is -2.54. The zero-order chi connectivity index (χ0) is 31.3. The summed E-state index contributed by atoms with van der Waals surface area (Å²) in [5.74, 6) is -2.19. The number of likely N-dealkylation sites (N-methyl/N-ethyl adjacent to an activating group) is 2. The molecule has 2 N–H and O–H groups in total. The summed E-state index contributed by atoms with van der Waals surface area (Å²) in [6.07, 6.45) is 4.25. The second-order valence-corrected chi connectivity index (χ2v) is 11.3. The zero-order valence-corrected chi connectivity index (χ0v) is 25.0. The summed E-state index contributed by atoms with van der Waals surface area (Å²) in [4.78, 5) is 73.5. The van der Waals surface area contributed by atoms with E-state index in [-0.39, 0.29) is 36.8 Å². The number of hydrogen-bond donors (Lipinski definition) is 2. The van der Waals surface area contributed by atoms with E-state index in [4.69, 9.17) is 4.74 Å². The summed E-state index contributed by atoms with van der Waals surface area (Å²) in [7, 11) is 3.00. The van der Waals surface area contributed by atoms with Gasteiger partial charge in [0.25, 0.3) is 5.91 Å². The smallest absolute Gasteiger partial charge is 0.303 e. The number of amides is 4. The molecule has 2 aromatic rings. The maximum Gasteiger partial charge on any atom is 0.303 e. The maximum atomic E-state index is 13.5. The van der Waals surface area contributed by atoms with Crippen molar-refractivity contribution in [3.8, 4) is 16.9 Å². The first kappa shape index (κ1) is 31.5. The van der Waals surface area contributed by atoms with Crippen LogP contribution in [0.4, 0.5) is 0 Å². The Labute approximate surface area is 251 Å². The molecule has 230 valence electrons. The van der Waals surface area contributed by atoms with Crippen molar-refractivity contribution in [2.75, 3.05) is 27.2 Å². The third-order valence-electron chi connectivity index (χ3n) is 8.22. The molecule has 43 heavy (non-hydrogen) atoms. The highest BCUT2D eigenvalue weighted by Crippen LogP contribution is 2.27. The molecule has 4 amide bonds. The highest BCUT2D eigenvalue weighted by molar-refractivity contribution is 5.99. The molecule has 12 nitrogen and oxygen atoms in total. The van der Waals surface area contributed by atoms with E-state index in [1.54, 1.807) is 26.2 Å². The van der Waals surface area contributed by atoms with Gasteiger partial charge in [-0.2, -0.15) is 0 Å². The van der Waals surface area contributed by atoms with Crippen molar-refractivity contribution in [2.24, 2.45) is 0 Å². The molecule has 0 unspecified atom stereocenters. The van der Waals surface area contributed by atoms with Gasteiger partial charge in [-0.1, -0.05) is 12.1 Å². The highest BCUT2D eigenvalue weighted by Gasteiger charge is 2.34. The van der Waals surface area contributed by atoms with Crippen LogP contribution in [-0.4, -0.2) is 106 Å². The van der Waals surface area contributed by atoms with Gasteiger partial charge in [0, 0.05) is 57.5 Å². The number of carboxylic acid groups (broad SMARTS) is 1. The molecule has 0 aliphatic carbocycles. The third kappa shape index (κ3) is 7.49. The van der Waals surface area contributed by atoms with E-state index in [1.165, 1.54) is 30.0 Å². The number of rotatable bonds is 3. The van der Waals surface area contributed by atoms with Crippen molar-refractivity contribution in [1.82, 2.24) is 25.0 Å². The van der Waals surface area contributed by atoms with Gasteiger partial charge in [-0.15, -0.1) is 0 Å². The molecule has 4 bridgehead atoms. The summed E-state index contributed by atoms with van der Waals surface area (Å²) in [6.45, 7) is 4.23. The van der Waals surface area contributed by atoms with Gasteiger partial charge in [0.2, 0.25) is 17.7 Å². The van der Waals surface area contributed by atoms with Crippen molar-refractivity contribution in [1.29, 1.82) is 0 Å². The molecule has 1 fully saturated rings. The van der Waals surface area contributed by atoms with E-state index < -0.39 is 41.8 Å². The number of carbonyl (C=O) groups is 5. The number of pyridine rings is 1. The summed E-state index contributed by atoms with van der Waals surface area (Å²) in [6, 6.07) is 6.32. The zero-order valence-electron chi connectivity index (χ0n) is 25.0. The molecule has 0 radical (unpaired) electrons. The summed E-state index contributed by atoms with van der Waals surface area (Å²) in [5, 5.41) is 11.9. The topological polar surface area (TPSA) is 149 Å². The van der Waals surface area contributed by atoms with Gasteiger partial charge in [0.15, 0.2) is 0 Å². The minimum atomic E-state index is -1.16. The number of nitrogens with one attached hydrogen (secondary N) is 1. The van der Waals surface area contributed by atoms with Crippen LogP contribution in [-0.2, 0) is 19.2 Å². The fraction of sp³-hybridized carbons (Fsp3) is 0.484.